The molecular formula is C12H14N4O3. The summed E-state index contributed by atoms with van der Waals surface area (Å²) in [4.78, 5) is 10.4. The standard InChI is InChI=1S/C12H14N4O3/c1-3-15-11(7-17)13-14-12(15)9-4-8(2)5-10(6-9)16(18)19/h4-6,17H,3,7H2,1-2H3. The van der Waals surface area contributed by atoms with Crippen molar-refractivity contribution in [1.82, 2.24) is 14.8 Å². The van der Waals surface area contributed by atoms with E-state index < -0.39 is 4.92 Å². The van der Waals surface area contributed by atoms with E-state index in [0.29, 0.717) is 23.8 Å². The second kappa shape index (κ2) is 5.15. The van der Waals surface area contributed by atoms with Crippen molar-refractivity contribution in [2.45, 2.75) is 27.0 Å². The third-order valence-corrected chi connectivity index (χ3v) is 2.82. The Bertz CT molecular complexity index is 621. The first-order chi connectivity index (χ1) is 9.06. The Kier molecular flexibility index (Phi) is 3.57. The summed E-state index contributed by atoms with van der Waals surface area (Å²) in [6, 6.07) is 4.78. The highest BCUT2D eigenvalue weighted by Crippen LogP contribution is 2.25. The van der Waals surface area contributed by atoms with Gasteiger partial charge in [0, 0.05) is 24.2 Å². The van der Waals surface area contributed by atoms with Crippen molar-refractivity contribution < 1.29 is 10.0 Å². The predicted octanol–water partition coefficient (Wildman–Crippen LogP) is 1.67. The summed E-state index contributed by atoms with van der Waals surface area (Å²) in [7, 11) is 0. The number of rotatable bonds is 4. The highest BCUT2D eigenvalue weighted by atomic mass is 16.6. The first kappa shape index (κ1) is 13.2. The molecule has 0 radical (unpaired) electrons. The Morgan fingerprint density at radius 1 is 1.37 bits per heavy atom. The Labute approximate surface area is 109 Å². The van der Waals surface area contributed by atoms with Crippen LogP contribution >= 0.6 is 0 Å². The van der Waals surface area contributed by atoms with E-state index in [1.165, 1.54) is 12.1 Å². The minimum atomic E-state index is -0.434. The zero-order chi connectivity index (χ0) is 14.0. The zero-order valence-electron chi connectivity index (χ0n) is 10.7. The SMILES string of the molecule is CCn1c(CO)nnc1-c1cc(C)cc([N+](=O)[O-])c1. The molecule has 2 aromatic rings. The zero-order valence-corrected chi connectivity index (χ0v) is 10.7. The van der Waals surface area contributed by atoms with Gasteiger partial charge in [0.05, 0.1) is 4.92 Å². The van der Waals surface area contributed by atoms with Crippen LogP contribution in [0.2, 0.25) is 0 Å². The topological polar surface area (TPSA) is 94.1 Å². The van der Waals surface area contributed by atoms with E-state index >= 15 is 0 Å². The Morgan fingerprint density at radius 3 is 2.68 bits per heavy atom. The van der Waals surface area contributed by atoms with E-state index in [1.807, 2.05) is 13.0 Å². The van der Waals surface area contributed by atoms with Gasteiger partial charge in [-0.15, -0.1) is 10.2 Å². The number of aliphatic hydroxyl groups is 1. The van der Waals surface area contributed by atoms with E-state index in [2.05, 4.69) is 10.2 Å². The van der Waals surface area contributed by atoms with Gasteiger partial charge in [0.15, 0.2) is 11.6 Å². The molecule has 1 heterocycles. The van der Waals surface area contributed by atoms with Crippen molar-refractivity contribution in [2.24, 2.45) is 0 Å². The fourth-order valence-electron chi connectivity index (χ4n) is 2.00. The van der Waals surface area contributed by atoms with E-state index in [1.54, 1.807) is 11.5 Å². The fraction of sp³-hybridized carbons (Fsp3) is 0.333. The van der Waals surface area contributed by atoms with Crippen molar-refractivity contribution in [1.29, 1.82) is 0 Å². The molecular weight excluding hydrogens is 248 g/mol. The molecule has 0 amide bonds. The van der Waals surface area contributed by atoms with Crippen LogP contribution in [-0.2, 0) is 13.2 Å². The van der Waals surface area contributed by atoms with Crippen LogP contribution in [0, 0.1) is 17.0 Å². The number of aliphatic hydroxyl groups excluding tert-OH is 1. The number of hydrogen-bond acceptors (Lipinski definition) is 5. The van der Waals surface area contributed by atoms with Crippen molar-refractivity contribution in [3.63, 3.8) is 0 Å². The van der Waals surface area contributed by atoms with Gasteiger partial charge in [-0.1, -0.05) is 0 Å². The molecule has 19 heavy (non-hydrogen) atoms. The summed E-state index contributed by atoms with van der Waals surface area (Å²) < 4.78 is 1.73. The molecule has 0 unspecified atom stereocenters. The number of hydrogen-bond donors (Lipinski definition) is 1. The molecule has 2 rings (SSSR count). The number of non-ortho nitro benzene ring substituents is 1. The van der Waals surface area contributed by atoms with Crippen LogP contribution in [0.5, 0.6) is 0 Å². The van der Waals surface area contributed by atoms with E-state index in [9.17, 15) is 15.2 Å². The van der Waals surface area contributed by atoms with Gasteiger partial charge < -0.3 is 9.67 Å². The lowest BCUT2D eigenvalue weighted by molar-refractivity contribution is -0.384. The minimum absolute atomic E-state index is 0.0196. The molecule has 0 aliphatic rings. The molecule has 0 aliphatic carbocycles. The van der Waals surface area contributed by atoms with Gasteiger partial charge in [-0.3, -0.25) is 10.1 Å². The quantitative estimate of drug-likeness (QED) is 0.668. The minimum Gasteiger partial charge on any atom is -0.388 e. The lowest BCUT2D eigenvalue weighted by Gasteiger charge is -2.06. The van der Waals surface area contributed by atoms with Crippen molar-refractivity contribution in [3.8, 4) is 11.4 Å². The van der Waals surface area contributed by atoms with Crippen LogP contribution < -0.4 is 0 Å². The molecule has 1 N–H and O–H groups in total. The maximum atomic E-state index is 10.9. The van der Waals surface area contributed by atoms with Crippen LogP contribution in [-0.4, -0.2) is 24.8 Å². The molecule has 1 aromatic heterocycles. The molecule has 0 bridgehead atoms. The van der Waals surface area contributed by atoms with E-state index in [-0.39, 0.29) is 12.3 Å². The molecule has 7 nitrogen and oxygen atoms in total. The Balaban J connectivity index is 2.58. The highest BCUT2D eigenvalue weighted by molar-refractivity contribution is 5.61. The maximum Gasteiger partial charge on any atom is 0.270 e. The summed E-state index contributed by atoms with van der Waals surface area (Å²) in [5, 5.41) is 27.9. The van der Waals surface area contributed by atoms with Crippen LogP contribution in [0.25, 0.3) is 11.4 Å². The number of benzene rings is 1. The lowest BCUT2D eigenvalue weighted by atomic mass is 10.1. The number of nitro groups is 1. The summed E-state index contributed by atoms with van der Waals surface area (Å²) in [5.41, 5.74) is 1.42. The summed E-state index contributed by atoms with van der Waals surface area (Å²) >= 11 is 0. The number of nitro benzene ring substituents is 1. The number of aromatic nitrogens is 3. The summed E-state index contributed by atoms with van der Waals surface area (Å²) in [6.45, 7) is 4.06. The van der Waals surface area contributed by atoms with Gasteiger partial charge in [0.25, 0.3) is 5.69 Å². The van der Waals surface area contributed by atoms with Crippen LogP contribution in [0.15, 0.2) is 18.2 Å². The molecule has 0 atom stereocenters. The monoisotopic (exact) mass is 262 g/mol. The normalized spacial score (nSPS) is 10.7. The van der Waals surface area contributed by atoms with Crippen LogP contribution in [0.1, 0.15) is 18.3 Å². The average Bonchev–Trinajstić information content (AvgIpc) is 2.80. The summed E-state index contributed by atoms with van der Waals surface area (Å²) in [5.74, 6) is 0.972. The smallest absolute Gasteiger partial charge is 0.270 e. The van der Waals surface area contributed by atoms with Crippen LogP contribution in [0.4, 0.5) is 5.69 Å². The second-order valence-electron chi connectivity index (χ2n) is 4.16. The van der Waals surface area contributed by atoms with Crippen molar-refractivity contribution >= 4 is 5.69 Å². The van der Waals surface area contributed by atoms with Gasteiger partial charge in [0.2, 0.25) is 0 Å². The fourth-order valence-corrected chi connectivity index (χ4v) is 2.00. The maximum absolute atomic E-state index is 10.9. The Hall–Kier alpha value is -2.28. The average molecular weight is 262 g/mol. The van der Waals surface area contributed by atoms with Gasteiger partial charge in [0.1, 0.15) is 6.61 Å². The first-order valence-electron chi connectivity index (χ1n) is 5.86. The van der Waals surface area contributed by atoms with Gasteiger partial charge in [-0.25, -0.2) is 0 Å². The lowest BCUT2D eigenvalue weighted by Crippen LogP contribution is -2.03. The number of nitrogens with zero attached hydrogens (tertiary/aromatic N) is 4. The Morgan fingerprint density at radius 2 is 2.11 bits per heavy atom. The molecule has 0 fully saturated rings. The number of aryl methyl sites for hydroxylation is 1. The third kappa shape index (κ3) is 2.45. The van der Waals surface area contributed by atoms with Gasteiger partial charge >= 0.3 is 0 Å². The molecule has 0 spiro atoms. The molecule has 0 aliphatic heterocycles. The molecule has 0 saturated carbocycles. The molecule has 100 valence electrons. The predicted molar refractivity (Wildman–Crippen MR) is 68.4 cm³/mol. The third-order valence-electron chi connectivity index (χ3n) is 2.82. The van der Waals surface area contributed by atoms with E-state index in [0.717, 1.165) is 5.56 Å². The second-order valence-corrected chi connectivity index (χ2v) is 4.16. The van der Waals surface area contributed by atoms with Gasteiger partial charge in [-0.2, -0.15) is 0 Å². The first-order valence-corrected chi connectivity index (χ1v) is 5.86. The van der Waals surface area contributed by atoms with E-state index in [4.69, 9.17) is 0 Å². The van der Waals surface area contributed by atoms with Crippen molar-refractivity contribution in [2.75, 3.05) is 0 Å². The van der Waals surface area contributed by atoms with Crippen LogP contribution in [0.3, 0.4) is 0 Å². The summed E-state index contributed by atoms with van der Waals surface area (Å²) in [6.07, 6.45) is 0. The molecule has 1 aromatic carbocycles. The highest BCUT2D eigenvalue weighted by Gasteiger charge is 2.15. The molecule has 0 saturated heterocycles. The molecule has 7 heteroatoms. The van der Waals surface area contributed by atoms with Gasteiger partial charge in [-0.05, 0) is 25.5 Å². The van der Waals surface area contributed by atoms with Crippen molar-refractivity contribution in [3.05, 3.63) is 39.7 Å². The largest absolute Gasteiger partial charge is 0.388 e.